The Morgan fingerprint density at radius 1 is 1.30 bits per heavy atom. The molecule has 2 atom stereocenters. The Balaban J connectivity index is 2.22. The topological polar surface area (TPSA) is 58.2 Å². The van der Waals surface area contributed by atoms with E-state index in [9.17, 15) is 8.42 Å². The van der Waals surface area contributed by atoms with Crippen molar-refractivity contribution < 1.29 is 8.42 Å². The quantitative estimate of drug-likeness (QED) is 0.875. The summed E-state index contributed by atoms with van der Waals surface area (Å²) in [6.07, 6.45) is 2.98. The summed E-state index contributed by atoms with van der Waals surface area (Å²) in [5.74, 6) is 0.611. The van der Waals surface area contributed by atoms with Gasteiger partial charge in [0.25, 0.3) is 0 Å². The zero-order chi connectivity index (χ0) is 14.8. The van der Waals surface area contributed by atoms with Crippen molar-refractivity contribution in [1.29, 1.82) is 0 Å². The van der Waals surface area contributed by atoms with Crippen molar-refractivity contribution in [3.05, 3.63) is 29.3 Å². The second kappa shape index (κ2) is 6.24. The fraction of sp³-hybridized carbons (Fsp3) is 0.600. The predicted octanol–water partition coefficient (Wildman–Crippen LogP) is 2.18. The van der Waals surface area contributed by atoms with Crippen molar-refractivity contribution in [2.24, 2.45) is 5.92 Å². The number of hydrogen-bond donors (Lipinski definition) is 2. The van der Waals surface area contributed by atoms with Crippen molar-refractivity contribution in [2.45, 2.75) is 50.6 Å². The van der Waals surface area contributed by atoms with Gasteiger partial charge < -0.3 is 5.32 Å². The normalized spacial score (nSPS) is 23.1. The Morgan fingerprint density at radius 2 is 2.05 bits per heavy atom. The lowest BCUT2D eigenvalue weighted by molar-refractivity contribution is 0.538. The van der Waals surface area contributed by atoms with Gasteiger partial charge in [0.05, 0.1) is 4.90 Å². The van der Waals surface area contributed by atoms with E-state index >= 15 is 0 Å². The Morgan fingerprint density at radius 3 is 2.65 bits per heavy atom. The van der Waals surface area contributed by atoms with Crippen molar-refractivity contribution in [3.8, 4) is 0 Å². The highest BCUT2D eigenvalue weighted by Gasteiger charge is 2.27. The average Bonchev–Trinajstić information content (AvgIpc) is 2.76. The predicted molar refractivity (Wildman–Crippen MR) is 81.1 cm³/mol. The van der Waals surface area contributed by atoms with Crippen LogP contribution in [0.25, 0.3) is 0 Å². The molecule has 2 N–H and O–H groups in total. The SMILES string of the molecule is CNCc1ccc(C)c(S(=O)(=O)NC2CCC(C)C2)c1. The molecule has 1 saturated carbocycles. The van der Waals surface area contributed by atoms with E-state index in [1.54, 1.807) is 6.07 Å². The summed E-state index contributed by atoms with van der Waals surface area (Å²) in [6, 6.07) is 5.69. The zero-order valence-corrected chi connectivity index (χ0v) is 13.3. The summed E-state index contributed by atoms with van der Waals surface area (Å²) < 4.78 is 27.9. The van der Waals surface area contributed by atoms with E-state index in [1.165, 1.54) is 0 Å². The molecule has 112 valence electrons. The lowest BCUT2D eigenvalue weighted by atomic mass is 10.1. The fourth-order valence-electron chi connectivity index (χ4n) is 2.85. The maximum absolute atomic E-state index is 12.5. The highest BCUT2D eigenvalue weighted by atomic mass is 32.2. The summed E-state index contributed by atoms with van der Waals surface area (Å²) in [6.45, 7) is 4.69. The van der Waals surface area contributed by atoms with Gasteiger partial charge in [-0.15, -0.1) is 0 Å². The molecule has 0 spiro atoms. The summed E-state index contributed by atoms with van der Waals surface area (Å²) >= 11 is 0. The van der Waals surface area contributed by atoms with Gasteiger partial charge in [0.15, 0.2) is 0 Å². The average molecular weight is 296 g/mol. The number of hydrogen-bond acceptors (Lipinski definition) is 3. The van der Waals surface area contributed by atoms with Crippen molar-refractivity contribution in [2.75, 3.05) is 7.05 Å². The van der Waals surface area contributed by atoms with Gasteiger partial charge in [-0.05, 0) is 56.3 Å². The molecule has 1 fully saturated rings. The van der Waals surface area contributed by atoms with Crippen LogP contribution in [0.5, 0.6) is 0 Å². The molecule has 0 bridgehead atoms. The highest BCUT2D eigenvalue weighted by molar-refractivity contribution is 7.89. The third-order valence-corrected chi connectivity index (χ3v) is 5.60. The van der Waals surface area contributed by atoms with E-state index < -0.39 is 10.0 Å². The van der Waals surface area contributed by atoms with Crippen LogP contribution in [0.4, 0.5) is 0 Å². The van der Waals surface area contributed by atoms with E-state index in [1.807, 2.05) is 26.1 Å². The van der Waals surface area contributed by atoms with Crippen molar-refractivity contribution >= 4 is 10.0 Å². The number of rotatable bonds is 5. The second-order valence-electron chi connectivity index (χ2n) is 5.87. The van der Waals surface area contributed by atoms with Gasteiger partial charge in [0, 0.05) is 12.6 Å². The first kappa shape index (κ1) is 15.5. The van der Waals surface area contributed by atoms with Gasteiger partial charge in [0.1, 0.15) is 0 Å². The summed E-state index contributed by atoms with van der Waals surface area (Å²) in [7, 11) is -1.56. The maximum Gasteiger partial charge on any atom is 0.241 e. The van der Waals surface area contributed by atoms with E-state index in [-0.39, 0.29) is 6.04 Å². The van der Waals surface area contributed by atoms with Crippen LogP contribution < -0.4 is 10.0 Å². The number of sulfonamides is 1. The van der Waals surface area contributed by atoms with Crippen LogP contribution in [-0.2, 0) is 16.6 Å². The molecule has 20 heavy (non-hydrogen) atoms. The van der Waals surface area contributed by atoms with Crippen LogP contribution in [0.15, 0.2) is 23.1 Å². The highest BCUT2D eigenvalue weighted by Crippen LogP contribution is 2.26. The first-order valence-corrected chi connectivity index (χ1v) is 8.67. The molecule has 0 heterocycles. The molecular formula is C15H24N2O2S. The van der Waals surface area contributed by atoms with Crippen molar-refractivity contribution in [3.63, 3.8) is 0 Å². The van der Waals surface area contributed by atoms with Gasteiger partial charge in [-0.2, -0.15) is 0 Å². The van der Waals surface area contributed by atoms with E-state index in [4.69, 9.17) is 0 Å². The third kappa shape index (κ3) is 3.59. The summed E-state index contributed by atoms with van der Waals surface area (Å²) in [4.78, 5) is 0.407. The van der Waals surface area contributed by atoms with Crippen LogP contribution in [0.3, 0.4) is 0 Å². The van der Waals surface area contributed by atoms with Gasteiger partial charge in [-0.3, -0.25) is 0 Å². The van der Waals surface area contributed by atoms with Crippen LogP contribution in [-0.4, -0.2) is 21.5 Å². The minimum atomic E-state index is -3.42. The number of nitrogens with one attached hydrogen (secondary N) is 2. The first-order chi connectivity index (χ1) is 9.42. The molecule has 1 aromatic rings. The van der Waals surface area contributed by atoms with Gasteiger partial charge in [-0.25, -0.2) is 13.1 Å². The molecule has 2 unspecified atom stereocenters. The second-order valence-corrected chi connectivity index (χ2v) is 7.55. The Labute approximate surface area is 122 Å². The molecule has 0 amide bonds. The zero-order valence-electron chi connectivity index (χ0n) is 12.4. The molecule has 2 rings (SSSR count). The third-order valence-electron chi connectivity index (χ3n) is 3.94. The number of benzene rings is 1. The first-order valence-electron chi connectivity index (χ1n) is 7.19. The smallest absolute Gasteiger partial charge is 0.241 e. The fourth-order valence-corrected chi connectivity index (χ4v) is 4.42. The lowest BCUT2D eigenvalue weighted by Crippen LogP contribution is -2.33. The molecule has 0 aliphatic heterocycles. The summed E-state index contributed by atoms with van der Waals surface area (Å²) in [5.41, 5.74) is 1.78. The maximum atomic E-state index is 12.5. The van der Waals surface area contributed by atoms with Crippen LogP contribution in [0, 0.1) is 12.8 Å². The minimum absolute atomic E-state index is 0.0855. The largest absolute Gasteiger partial charge is 0.316 e. The molecule has 1 aromatic carbocycles. The van der Waals surface area contributed by atoms with E-state index in [0.717, 1.165) is 30.4 Å². The minimum Gasteiger partial charge on any atom is -0.316 e. The molecule has 1 aliphatic carbocycles. The molecule has 1 aliphatic rings. The van der Waals surface area contributed by atoms with Crippen LogP contribution in [0.2, 0.25) is 0 Å². The standard InChI is InChI=1S/C15H24N2O2S/c1-11-4-7-14(8-11)17-20(18,19)15-9-13(10-16-3)6-5-12(15)2/h5-6,9,11,14,16-17H,4,7-8,10H2,1-3H3. The van der Waals surface area contributed by atoms with Gasteiger partial charge in [-0.1, -0.05) is 19.1 Å². The molecule has 0 aromatic heterocycles. The molecule has 0 saturated heterocycles. The van der Waals surface area contributed by atoms with Crippen LogP contribution >= 0.6 is 0 Å². The monoisotopic (exact) mass is 296 g/mol. The van der Waals surface area contributed by atoms with Crippen LogP contribution in [0.1, 0.15) is 37.3 Å². The van der Waals surface area contributed by atoms with Crippen molar-refractivity contribution in [1.82, 2.24) is 10.0 Å². The molecule has 5 heteroatoms. The Kier molecular flexibility index (Phi) is 4.83. The Bertz CT molecular complexity index is 569. The van der Waals surface area contributed by atoms with E-state index in [2.05, 4.69) is 17.0 Å². The Hall–Kier alpha value is -0.910. The molecule has 0 radical (unpaired) electrons. The lowest BCUT2D eigenvalue weighted by Gasteiger charge is -2.15. The van der Waals surface area contributed by atoms with Gasteiger partial charge >= 0.3 is 0 Å². The number of aryl methyl sites for hydroxylation is 1. The molecular weight excluding hydrogens is 272 g/mol. The van der Waals surface area contributed by atoms with Gasteiger partial charge in [0.2, 0.25) is 10.0 Å². The molecule has 4 nitrogen and oxygen atoms in total. The van der Waals surface area contributed by atoms with E-state index in [0.29, 0.717) is 17.4 Å². The summed E-state index contributed by atoms with van der Waals surface area (Å²) in [5, 5.41) is 3.05.